The molecule has 7 unspecified atom stereocenters. The van der Waals surface area contributed by atoms with E-state index in [1.807, 2.05) is 6.08 Å². The summed E-state index contributed by atoms with van der Waals surface area (Å²) in [5, 5.41) is 54.7. The van der Waals surface area contributed by atoms with E-state index in [-0.39, 0.29) is 12.5 Å². The fourth-order valence-electron chi connectivity index (χ4n) is 9.75. The van der Waals surface area contributed by atoms with Gasteiger partial charge in [-0.15, -0.1) is 0 Å². The standard InChI is InChI=1S/C73H123NO8/c1-3-5-7-9-11-13-15-17-19-21-23-25-27-29-31-32-33-34-35-36-37-39-41-43-45-47-49-51-53-55-57-59-61-63-69(77)74-66(65-81-73-72(80)71(79)70(78)68(64-75)82-73)67(76)62-60-58-56-54-52-50-48-46-44-42-40-38-30-28-26-24-22-20-18-16-14-12-10-8-6-4-2/h5,7,11,13,17,19,23,25,29,31,33-34,36-37,41,43,47,49,52,54,60,62,66-68,70-73,75-76,78-80H,3-4,6,8-10,12,14-16,18,20-22,24,26-28,30,32,35,38-40,42,44-46,48,50-51,53,55-59,61,63-65H2,1-2H3,(H,74,77)/b7-5-,13-11-,19-17-,25-23-,31-29-,34-33-,37-36-,43-41-,49-47-,54-52+,62-60+. The molecule has 6 N–H and O–H groups in total. The highest BCUT2D eigenvalue weighted by molar-refractivity contribution is 5.76. The maximum Gasteiger partial charge on any atom is 0.220 e. The summed E-state index contributed by atoms with van der Waals surface area (Å²) >= 11 is 0. The highest BCUT2D eigenvalue weighted by Crippen LogP contribution is 2.23. The monoisotopic (exact) mass is 1140 g/mol. The van der Waals surface area contributed by atoms with E-state index in [1.54, 1.807) is 6.08 Å². The molecule has 82 heavy (non-hydrogen) atoms. The quantitative estimate of drug-likeness (QED) is 0.0261. The minimum atomic E-state index is -1.59. The molecular formula is C73H123NO8. The van der Waals surface area contributed by atoms with Crippen LogP contribution < -0.4 is 5.32 Å². The molecule has 0 aromatic rings. The molecule has 1 aliphatic rings. The molecule has 1 saturated heterocycles. The average molecular weight is 1140 g/mol. The van der Waals surface area contributed by atoms with Crippen LogP contribution >= 0.6 is 0 Å². The smallest absolute Gasteiger partial charge is 0.220 e. The van der Waals surface area contributed by atoms with E-state index in [1.165, 1.54) is 128 Å². The summed E-state index contributed by atoms with van der Waals surface area (Å²) in [4.78, 5) is 13.1. The number of rotatable bonds is 56. The lowest BCUT2D eigenvalue weighted by Gasteiger charge is -2.40. The Bertz CT molecular complexity index is 1750. The first-order valence-electron chi connectivity index (χ1n) is 33.4. The number of aliphatic hydroxyl groups is 5. The second-order valence-corrected chi connectivity index (χ2v) is 22.5. The van der Waals surface area contributed by atoms with Gasteiger partial charge in [0.25, 0.3) is 0 Å². The molecule has 0 saturated carbocycles. The van der Waals surface area contributed by atoms with Crippen LogP contribution in [-0.4, -0.2) is 87.5 Å². The summed E-state index contributed by atoms with van der Waals surface area (Å²) in [5.41, 5.74) is 0. The fraction of sp³-hybridized carbons (Fsp3) is 0.685. The molecule has 0 aromatic carbocycles. The van der Waals surface area contributed by atoms with Gasteiger partial charge in [0.15, 0.2) is 6.29 Å². The summed E-state index contributed by atoms with van der Waals surface area (Å²) in [6.45, 7) is 3.65. The Hall–Kier alpha value is -3.67. The summed E-state index contributed by atoms with van der Waals surface area (Å²) < 4.78 is 11.3. The highest BCUT2D eigenvalue weighted by atomic mass is 16.7. The predicted molar refractivity (Wildman–Crippen MR) is 350 cm³/mol. The third kappa shape index (κ3) is 48.7. The van der Waals surface area contributed by atoms with E-state index in [9.17, 15) is 30.3 Å². The van der Waals surface area contributed by atoms with Crippen molar-refractivity contribution in [2.24, 2.45) is 0 Å². The minimum absolute atomic E-state index is 0.209. The third-order valence-corrected chi connectivity index (χ3v) is 15.0. The van der Waals surface area contributed by atoms with Gasteiger partial charge in [-0.3, -0.25) is 4.79 Å². The fourth-order valence-corrected chi connectivity index (χ4v) is 9.75. The van der Waals surface area contributed by atoms with Gasteiger partial charge in [-0.25, -0.2) is 0 Å². The van der Waals surface area contributed by atoms with E-state index < -0.39 is 49.5 Å². The van der Waals surface area contributed by atoms with Crippen molar-refractivity contribution >= 4 is 5.91 Å². The Morgan fingerprint density at radius 2 is 0.768 bits per heavy atom. The number of ether oxygens (including phenoxy) is 2. The number of allylic oxidation sites excluding steroid dienone is 21. The lowest BCUT2D eigenvalue weighted by Crippen LogP contribution is -2.60. The zero-order valence-corrected chi connectivity index (χ0v) is 52.2. The molecule has 0 aliphatic carbocycles. The van der Waals surface area contributed by atoms with Gasteiger partial charge in [0.2, 0.25) is 5.91 Å². The number of carbonyl (C=O) groups is 1. The van der Waals surface area contributed by atoms with Crippen molar-refractivity contribution in [3.63, 3.8) is 0 Å². The zero-order valence-electron chi connectivity index (χ0n) is 52.2. The Kier molecular flexibility index (Phi) is 56.3. The second-order valence-electron chi connectivity index (χ2n) is 22.5. The lowest BCUT2D eigenvalue weighted by molar-refractivity contribution is -0.302. The maximum atomic E-state index is 13.1. The number of hydrogen-bond donors (Lipinski definition) is 6. The number of unbranched alkanes of at least 4 members (excludes halogenated alkanes) is 26. The van der Waals surface area contributed by atoms with Crippen molar-refractivity contribution in [1.29, 1.82) is 0 Å². The molecule has 1 amide bonds. The number of aliphatic hydroxyl groups excluding tert-OH is 5. The largest absolute Gasteiger partial charge is 0.394 e. The Labute approximate surface area is 502 Å². The van der Waals surface area contributed by atoms with E-state index in [0.29, 0.717) is 6.42 Å². The Morgan fingerprint density at radius 3 is 1.17 bits per heavy atom. The van der Waals surface area contributed by atoms with Gasteiger partial charge in [0, 0.05) is 6.42 Å². The number of nitrogens with one attached hydrogen (secondary N) is 1. The molecule has 7 atom stereocenters. The second kappa shape index (κ2) is 60.5. The molecule has 1 heterocycles. The van der Waals surface area contributed by atoms with Crippen molar-refractivity contribution in [3.8, 4) is 0 Å². The Balaban J connectivity index is 2.23. The number of hydrogen-bond acceptors (Lipinski definition) is 8. The van der Waals surface area contributed by atoms with Crippen LogP contribution in [0.25, 0.3) is 0 Å². The first kappa shape index (κ1) is 76.3. The number of carbonyl (C=O) groups excluding carboxylic acids is 1. The molecule has 9 heteroatoms. The SMILES string of the molecule is CC/C=C\C/C=C\C/C=C\C/C=C\C/C=C\C/C=C\C/C=C\C/C=C\C/C=C\CCCCCCCC(=O)NC(COC1OC(CO)C(O)C(O)C1O)C(O)/C=C/CC/C=C/CCCCCCCCCCCCCCCCCCCCCC. The van der Waals surface area contributed by atoms with Gasteiger partial charge in [-0.1, -0.05) is 289 Å². The van der Waals surface area contributed by atoms with Crippen LogP contribution in [0, 0.1) is 0 Å². The van der Waals surface area contributed by atoms with Crippen LogP contribution in [-0.2, 0) is 14.3 Å². The van der Waals surface area contributed by atoms with Gasteiger partial charge in [0.05, 0.1) is 25.4 Å². The molecule has 0 aromatic heterocycles. The molecule has 1 aliphatic heterocycles. The molecule has 0 radical (unpaired) electrons. The average Bonchev–Trinajstić information content (AvgIpc) is 3.57. The van der Waals surface area contributed by atoms with Gasteiger partial charge in [0.1, 0.15) is 24.4 Å². The number of amides is 1. The van der Waals surface area contributed by atoms with Crippen molar-refractivity contribution < 1.29 is 39.8 Å². The first-order valence-corrected chi connectivity index (χ1v) is 33.4. The summed E-state index contributed by atoms with van der Waals surface area (Å²) in [6.07, 6.45) is 85.3. The van der Waals surface area contributed by atoms with Crippen molar-refractivity contribution in [2.75, 3.05) is 13.2 Å². The van der Waals surface area contributed by atoms with Gasteiger partial charge in [-0.05, 0) is 103 Å². The van der Waals surface area contributed by atoms with Gasteiger partial charge in [-0.2, -0.15) is 0 Å². The van der Waals surface area contributed by atoms with Crippen LogP contribution in [0.15, 0.2) is 134 Å². The Morgan fingerprint density at radius 1 is 0.427 bits per heavy atom. The molecular weight excluding hydrogens is 1020 g/mol. The first-order chi connectivity index (χ1) is 40.3. The van der Waals surface area contributed by atoms with E-state index in [4.69, 9.17) is 9.47 Å². The molecule has 0 bridgehead atoms. The topological polar surface area (TPSA) is 149 Å². The van der Waals surface area contributed by atoms with Gasteiger partial charge < -0.3 is 40.3 Å². The molecule has 0 spiro atoms. The molecule has 1 rings (SSSR count). The van der Waals surface area contributed by atoms with Crippen LogP contribution in [0.3, 0.4) is 0 Å². The van der Waals surface area contributed by atoms with E-state index >= 15 is 0 Å². The van der Waals surface area contributed by atoms with Crippen LogP contribution in [0.5, 0.6) is 0 Å². The summed E-state index contributed by atoms with van der Waals surface area (Å²) in [6, 6.07) is -0.844. The third-order valence-electron chi connectivity index (χ3n) is 15.0. The molecule has 1 fully saturated rings. The van der Waals surface area contributed by atoms with Crippen LogP contribution in [0.1, 0.15) is 264 Å². The van der Waals surface area contributed by atoms with Crippen molar-refractivity contribution in [2.45, 2.75) is 307 Å². The normalized spacial score (nSPS) is 19.2. The van der Waals surface area contributed by atoms with Crippen LogP contribution in [0.2, 0.25) is 0 Å². The van der Waals surface area contributed by atoms with Crippen LogP contribution in [0.4, 0.5) is 0 Å². The summed E-state index contributed by atoms with van der Waals surface area (Å²) in [5.74, 6) is -0.209. The van der Waals surface area contributed by atoms with Crippen molar-refractivity contribution in [1.82, 2.24) is 5.32 Å². The lowest BCUT2D eigenvalue weighted by atomic mass is 9.99. The minimum Gasteiger partial charge on any atom is -0.394 e. The van der Waals surface area contributed by atoms with Crippen molar-refractivity contribution in [3.05, 3.63) is 134 Å². The maximum absolute atomic E-state index is 13.1. The highest BCUT2D eigenvalue weighted by Gasteiger charge is 2.44. The van der Waals surface area contributed by atoms with Gasteiger partial charge >= 0.3 is 0 Å². The van der Waals surface area contributed by atoms with E-state index in [2.05, 4.69) is 141 Å². The summed E-state index contributed by atoms with van der Waals surface area (Å²) in [7, 11) is 0. The zero-order chi connectivity index (χ0) is 59.3. The predicted octanol–water partition coefficient (Wildman–Crippen LogP) is 18.0. The molecule has 468 valence electrons. The molecule has 9 nitrogen and oxygen atoms in total. The van der Waals surface area contributed by atoms with E-state index in [0.717, 1.165) is 116 Å².